The number of piperidine rings is 2. The zero-order valence-electron chi connectivity index (χ0n) is 57.1. The number of likely N-dealkylation sites (tertiary alicyclic amines) is 2. The van der Waals surface area contributed by atoms with E-state index in [1.807, 2.05) is 132 Å². The van der Waals surface area contributed by atoms with Gasteiger partial charge in [-0.25, -0.2) is 0 Å². The van der Waals surface area contributed by atoms with Gasteiger partial charge in [-0.2, -0.15) is 0 Å². The van der Waals surface area contributed by atoms with E-state index in [0.29, 0.717) is 145 Å². The Bertz CT molecular complexity index is 3930. The van der Waals surface area contributed by atoms with Crippen molar-refractivity contribution in [1.82, 2.24) is 0 Å². The lowest BCUT2D eigenvalue weighted by Crippen LogP contribution is -2.79. The van der Waals surface area contributed by atoms with Gasteiger partial charge in [-0.15, -0.1) is 0 Å². The van der Waals surface area contributed by atoms with E-state index < -0.39 is 34.2 Å². The van der Waals surface area contributed by atoms with Crippen LogP contribution in [0.1, 0.15) is 176 Å². The molecule has 5 aromatic carbocycles. The number of carbonyl (C=O) groups excluding carboxylic acids is 5. The average molecular weight is 1340 g/mol. The molecule has 1 unspecified atom stereocenters. The molecule has 0 radical (unpaired) electrons. The quantitative estimate of drug-likeness (QED) is 0.0218. The summed E-state index contributed by atoms with van der Waals surface area (Å²) in [6.45, 7) is 12.9. The number of ether oxygens (including phenoxy) is 7. The number of methoxy groups -OCH3 is 2. The number of carbonyl (C=O) groups is 5. The topological polar surface area (TPSA) is 211 Å². The number of hydrogen-bond acceptors (Lipinski definition) is 15. The van der Waals surface area contributed by atoms with Crippen molar-refractivity contribution in [2.75, 3.05) is 67.8 Å². The zero-order valence-corrected chi connectivity index (χ0v) is 57.1. The Morgan fingerprint density at radius 1 is 0.612 bits per heavy atom. The van der Waals surface area contributed by atoms with Crippen LogP contribution in [0.25, 0.3) is 0 Å². The normalized spacial score (nSPS) is 28.9. The van der Waals surface area contributed by atoms with Gasteiger partial charge in [0.05, 0.1) is 82.9 Å². The molecule has 9 aliphatic rings. The van der Waals surface area contributed by atoms with Gasteiger partial charge in [0.15, 0.2) is 70.4 Å². The van der Waals surface area contributed by atoms with Crippen LogP contribution in [-0.2, 0) is 47.5 Å². The summed E-state index contributed by atoms with van der Waals surface area (Å²) in [5.41, 5.74) is 7.60. The van der Waals surface area contributed by atoms with Crippen molar-refractivity contribution in [3.63, 3.8) is 0 Å². The van der Waals surface area contributed by atoms with Crippen LogP contribution in [-0.4, -0.2) is 163 Å². The van der Waals surface area contributed by atoms with Crippen molar-refractivity contribution < 1.29 is 81.4 Å². The Kier molecular flexibility index (Phi) is 21.6. The smallest absolute Gasteiger partial charge is 0.194 e. The molecule has 2 spiro atoms. The van der Waals surface area contributed by atoms with Crippen LogP contribution in [0.2, 0.25) is 0 Å². The van der Waals surface area contributed by atoms with Gasteiger partial charge in [-0.3, -0.25) is 32.9 Å². The number of rotatable bonds is 20. The molecule has 98 heavy (non-hydrogen) atoms. The zero-order chi connectivity index (χ0) is 68.1. The molecule has 0 amide bonds. The third kappa shape index (κ3) is 12.5. The van der Waals surface area contributed by atoms with E-state index in [2.05, 4.69) is 26.4 Å². The van der Waals surface area contributed by atoms with Crippen molar-refractivity contribution in [3.05, 3.63) is 188 Å². The van der Waals surface area contributed by atoms with E-state index in [0.717, 1.165) is 64.0 Å². The molecule has 4 aliphatic carbocycles. The van der Waals surface area contributed by atoms with Gasteiger partial charge < -0.3 is 48.5 Å². The van der Waals surface area contributed by atoms with Crippen molar-refractivity contribution in [3.8, 4) is 23.0 Å². The van der Waals surface area contributed by atoms with Gasteiger partial charge in [-0.05, 0) is 109 Å². The summed E-state index contributed by atoms with van der Waals surface area (Å²) in [6, 6.07) is 30.3. The number of aliphatic hydroxyl groups is 3. The first kappa shape index (κ1) is 73.1. The second kappa shape index (κ2) is 28.9. The lowest BCUT2D eigenvalue weighted by Gasteiger charge is -2.63. The van der Waals surface area contributed by atoms with Crippen molar-refractivity contribution >= 4 is 28.9 Å². The first-order valence-electron chi connectivity index (χ1n) is 34.4. The minimum absolute atomic E-state index is 0. The second-order valence-electron chi connectivity index (χ2n) is 28.4. The number of likely N-dealkylation sites (N-methyl/N-ethyl adjacent to an activating group) is 2. The first-order valence-corrected chi connectivity index (χ1v) is 34.4. The number of Topliss-reactive ketones (excluding diaryl/α,β-unsaturated/α-hetero) is 5. The van der Waals surface area contributed by atoms with Crippen LogP contribution in [0.3, 0.4) is 0 Å². The molecule has 5 heterocycles. The number of nitrogens with zero attached hydrogens (tertiary/aromatic N) is 2. The maximum Gasteiger partial charge on any atom is 0.194 e. The average Bonchev–Trinajstić information content (AvgIpc) is 1.40. The molecule has 524 valence electrons. The summed E-state index contributed by atoms with van der Waals surface area (Å²) < 4.78 is 41.3. The number of hydrogen-bond donors (Lipinski definition) is 3. The minimum atomic E-state index is -1.17. The molecule has 17 heteroatoms. The number of benzene rings is 5. The summed E-state index contributed by atoms with van der Waals surface area (Å²) in [5, 5.41) is 35.1. The Hall–Kier alpha value is -7.61. The van der Waals surface area contributed by atoms with Crippen LogP contribution in [0.4, 0.5) is 0 Å². The molecular formula is C81H102N2O15+2. The predicted molar refractivity (Wildman–Crippen MR) is 375 cm³/mol. The Morgan fingerprint density at radius 2 is 1.05 bits per heavy atom. The third-order valence-corrected chi connectivity index (χ3v) is 22.7. The Balaban J connectivity index is 0.000000173. The molecule has 5 aromatic rings. The van der Waals surface area contributed by atoms with Gasteiger partial charge in [0, 0.05) is 85.1 Å². The molecule has 17 nitrogen and oxygen atoms in total. The maximum atomic E-state index is 14.0. The molecule has 2 saturated carbocycles. The molecule has 2 saturated heterocycles. The van der Waals surface area contributed by atoms with Crippen LogP contribution in [0.15, 0.2) is 132 Å². The molecule has 4 bridgehead atoms. The molecule has 5 aliphatic heterocycles. The summed E-state index contributed by atoms with van der Waals surface area (Å²) in [4.78, 5) is 66.2. The van der Waals surface area contributed by atoms with Gasteiger partial charge in [0.2, 0.25) is 0 Å². The van der Waals surface area contributed by atoms with Crippen LogP contribution >= 0.6 is 0 Å². The Morgan fingerprint density at radius 3 is 1.46 bits per heavy atom. The highest BCUT2D eigenvalue weighted by molar-refractivity contribution is 6.09. The lowest BCUT2D eigenvalue weighted by molar-refractivity contribution is -0.903. The van der Waals surface area contributed by atoms with Crippen molar-refractivity contribution in [2.45, 2.75) is 192 Å². The van der Waals surface area contributed by atoms with Crippen LogP contribution < -0.4 is 18.9 Å². The molecule has 0 aromatic heterocycles. The van der Waals surface area contributed by atoms with Gasteiger partial charge in [0.1, 0.15) is 35.7 Å². The van der Waals surface area contributed by atoms with Gasteiger partial charge in [-0.1, -0.05) is 116 Å². The van der Waals surface area contributed by atoms with Crippen LogP contribution in [0, 0.1) is 20.8 Å². The fourth-order valence-electron chi connectivity index (χ4n) is 17.8. The third-order valence-electron chi connectivity index (χ3n) is 22.7. The van der Waals surface area contributed by atoms with Crippen molar-refractivity contribution in [2.24, 2.45) is 0 Å². The predicted octanol–water partition coefficient (Wildman–Crippen LogP) is 12.4. The summed E-state index contributed by atoms with van der Waals surface area (Å²) in [6.07, 6.45) is 11.5. The van der Waals surface area contributed by atoms with E-state index in [-0.39, 0.29) is 81.6 Å². The number of quaternary nitrogens is 2. The second-order valence-corrected chi connectivity index (χ2v) is 28.4. The number of aryl methyl sites for hydroxylation is 3. The Labute approximate surface area is 578 Å². The monoisotopic (exact) mass is 1340 g/mol. The van der Waals surface area contributed by atoms with Crippen molar-refractivity contribution in [1.29, 1.82) is 0 Å². The first-order chi connectivity index (χ1) is 46.0. The highest BCUT2D eigenvalue weighted by Gasteiger charge is 2.78. The van der Waals surface area contributed by atoms with Crippen LogP contribution in [0.5, 0.6) is 23.0 Å². The lowest BCUT2D eigenvalue weighted by atomic mass is 9.48. The number of allylic oxidation sites excluding steroid dienone is 3. The van der Waals surface area contributed by atoms with E-state index in [4.69, 9.17) is 33.2 Å². The fourth-order valence-corrected chi connectivity index (χ4v) is 17.8. The maximum absolute atomic E-state index is 14.0. The largest absolute Gasteiger partial charge is 0.501 e. The summed E-state index contributed by atoms with van der Waals surface area (Å²) >= 11 is 0. The summed E-state index contributed by atoms with van der Waals surface area (Å²) in [7, 11) is 7.42. The fraction of sp³-hybridized carbons (Fsp3) is 0.494. The molecular weight excluding hydrogens is 1240 g/mol. The van der Waals surface area contributed by atoms with Gasteiger partial charge >= 0.3 is 0 Å². The molecule has 11 atom stereocenters. The minimum Gasteiger partial charge on any atom is -0.501 e. The summed E-state index contributed by atoms with van der Waals surface area (Å²) in [5.74, 6) is 2.52. The molecule has 14 rings (SSSR count). The number of aliphatic hydroxyl groups excluding tert-OH is 1. The van der Waals surface area contributed by atoms with E-state index in [9.17, 15) is 39.3 Å². The van der Waals surface area contributed by atoms with E-state index in [1.54, 1.807) is 20.5 Å². The number of ketones is 5. The van der Waals surface area contributed by atoms with Gasteiger partial charge in [0.25, 0.3) is 0 Å². The highest BCUT2D eigenvalue weighted by atomic mass is 16.7. The SMILES string of the molecule is C.C.CCOC(C)OCCC/C(=C\[N@@+]1(C)CC[C@@]23c4c5ccc(OC)c4O[C@@H]2C(=O)CC[C@]3(O)[C@@H]1C5)C(=O)c1ccc(C)cc1.COc1ccc2c3c1O[C@@H]1C(=O)CC[C@]4(O)[C@H](C2)[N@@+](C)(/C=C(\CCCO)C(=O)c2ccc(C)cc2)CC[C@@]314.Cc1ccc(C(=O)C2=COCCC2)cc1. The highest BCUT2D eigenvalue weighted by Crippen LogP contribution is 2.68. The molecule has 4 fully saturated rings. The van der Waals surface area contributed by atoms with E-state index in [1.165, 1.54) is 5.56 Å². The molecule has 3 N–H and O–H groups in total. The standard InChI is InChI=1S/C35H44NO7.C31H36NO6.C13H14O2.2CH4/c1-6-41-23(3)42-19-7-8-26(31(38)24-11-9-22(2)10-12-24)21-36(4)18-17-34-30-25-13-14-28(40-5)32(30)43-33(34)27(37)15-16-35(34,39)29(36)20-25;1-19-6-8-20(9-7-19)27(35)22(5-4-16-33)18-32(2)15-14-30-26-21-10-11-24(37-3)28(26)38-29(30)23(34)12-13-31(30,36)25(32)17-21;1-10-4-6-11(7-5-10)13(14)12-3-2-8-15-9-12;;/h9-14,21,23,29,33,39H,6-8,15-20H2,1-5H3;6-11,18,25,29,33,36H,4-5,12-17H2,1-3H3;4-7,9H,2-3,8H2,1H3;2*1H4/q2*+1;;;/b26-21+;22-18+;;;/t23?,29-,33+,34+,35-,36+;25-,29+,30+,31-,32+;;;/m00.../s1. The van der Waals surface area contributed by atoms with E-state index >= 15 is 0 Å².